The number of hydrogen-bond donors (Lipinski definition) is 2. The van der Waals surface area contributed by atoms with E-state index in [4.69, 9.17) is 11.6 Å². The Morgan fingerprint density at radius 1 is 1.29 bits per heavy atom. The summed E-state index contributed by atoms with van der Waals surface area (Å²) in [5.41, 5.74) is 2.12. The number of aromatic nitrogens is 3. The molecule has 2 N–H and O–H groups in total. The monoisotopic (exact) mass is 402 g/mol. The Morgan fingerprint density at radius 2 is 2.11 bits per heavy atom. The lowest BCUT2D eigenvalue weighted by atomic mass is 9.92. The van der Waals surface area contributed by atoms with E-state index in [-0.39, 0.29) is 11.9 Å². The number of hydrogen-bond acceptors (Lipinski definition) is 4. The number of rotatable bonds is 4. The third-order valence-corrected chi connectivity index (χ3v) is 5.42. The van der Waals surface area contributed by atoms with E-state index in [2.05, 4.69) is 15.3 Å². The van der Waals surface area contributed by atoms with Crippen LogP contribution < -0.4 is 5.32 Å². The van der Waals surface area contributed by atoms with Gasteiger partial charge in [-0.2, -0.15) is 0 Å². The Labute approximate surface area is 166 Å². The summed E-state index contributed by atoms with van der Waals surface area (Å²) >= 11 is 6.37. The van der Waals surface area contributed by atoms with Gasteiger partial charge in [0.25, 0.3) is 5.91 Å². The third kappa shape index (κ3) is 3.72. The molecule has 1 aliphatic rings. The molecule has 1 aliphatic carbocycles. The number of aliphatic hydroxyl groups is 1. The highest BCUT2D eigenvalue weighted by Crippen LogP contribution is 2.27. The fraction of sp³-hybridized carbons (Fsp3) is 0.350. The largest absolute Gasteiger partial charge is 0.391 e. The van der Waals surface area contributed by atoms with E-state index in [1.807, 2.05) is 0 Å². The molecule has 6 nitrogen and oxygen atoms in total. The molecular weight excluding hydrogens is 383 g/mol. The maximum absolute atomic E-state index is 13.1. The lowest BCUT2D eigenvalue weighted by Crippen LogP contribution is -2.45. The Kier molecular flexibility index (Phi) is 5.28. The highest BCUT2D eigenvalue weighted by atomic mass is 35.5. The summed E-state index contributed by atoms with van der Waals surface area (Å²) in [5, 5.41) is 13.5. The van der Waals surface area contributed by atoms with Crippen LogP contribution in [0, 0.1) is 5.82 Å². The van der Waals surface area contributed by atoms with Gasteiger partial charge in [-0.1, -0.05) is 24.4 Å². The Bertz CT molecular complexity index is 1010. The fourth-order valence-electron chi connectivity index (χ4n) is 3.67. The van der Waals surface area contributed by atoms with Crippen LogP contribution in [-0.4, -0.2) is 37.7 Å². The first-order chi connectivity index (χ1) is 13.5. The van der Waals surface area contributed by atoms with E-state index < -0.39 is 11.9 Å². The molecule has 8 heteroatoms. The van der Waals surface area contributed by atoms with E-state index in [9.17, 15) is 14.3 Å². The van der Waals surface area contributed by atoms with Crippen molar-refractivity contribution in [2.45, 2.75) is 44.4 Å². The molecule has 0 spiro atoms. The Morgan fingerprint density at radius 3 is 2.86 bits per heavy atom. The highest BCUT2D eigenvalue weighted by molar-refractivity contribution is 6.35. The average Bonchev–Trinajstić information content (AvgIpc) is 3.05. The number of carbonyl (C=O) groups excluding carboxylic acids is 1. The quantitative estimate of drug-likeness (QED) is 0.701. The topological polar surface area (TPSA) is 80.0 Å². The average molecular weight is 403 g/mol. The predicted octanol–water partition coefficient (Wildman–Crippen LogP) is 3.31. The van der Waals surface area contributed by atoms with Crippen molar-refractivity contribution in [1.29, 1.82) is 0 Å². The first-order valence-corrected chi connectivity index (χ1v) is 9.63. The third-order valence-electron chi connectivity index (χ3n) is 5.11. The zero-order chi connectivity index (χ0) is 19.7. The molecule has 0 saturated heterocycles. The molecule has 3 aromatic rings. The minimum absolute atomic E-state index is 0.266. The molecule has 0 unspecified atom stereocenters. The molecule has 0 aromatic carbocycles. The van der Waals surface area contributed by atoms with Gasteiger partial charge in [0, 0.05) is 12.4 Å². The van der Waals surface area contributed by atoms with E-state index in [1.165, 1.54) is 6.07 Å². The molecule has 146 valence electrons. The number of pyridine rings is 2. The van der Waals surface area contributed by atoms with Crippen molar-refractivity contribution in [3.63, 3.8) is 0 Å². The molecule has 0 aliphatic heterocycles. The fourth-order valence-corrected chi connectivity index (χ4v) is 3.93. The summed E-state index contributed by atoms with van der Waals surface area (Å²) in [6.07, 6.45) is 7.23. The predicted molar refractivity (Wildman–Crippen MR) is 104 cm³/mol. The van der Waals surface area contributed by atoms with Gasteiger partial charge in [-0.15, -0.1) is 0 Å². The van der Waals surface area contributed by atoms with Crippen LogP contribution in [0.5, 0.6) is 0 Å². The summed E-state index contributed by atoms with van der Waals surface area (Å²) in [5.74, 6) is -0.705. The van der Waals surface area contributed by atoms with E-state index >= 15 is 0 Å². The molecule has 2 atom stereocenters. The number of carbonyl (C=O) groups is 1. The number of fused-ring (bicyclic) bond motifs is 1. The van der Waals surface area contributed by atoms with Crippen LogP contribution in [0.25, 0.3) is 11.0 Å². The number of nitrogens with one attached hydrogen (secondary N) is 1. The lowest BCUT2D eigenvalue weighted by Gasteiger charge is -2.28. The van der Waals surface area contributed by atoms with Gasteiger partial charge in [0.1, 0.15) is 11.3 Å². The van der Waals surface area contributed by atoms with Crippen LogP contribution in [-0.2, 0) is 6.54 Å². The molecule has 0 bridgehead atoms. The Hall–Kier alpha value is -2.51. The van der Waals surface area contributed by atoms with Gasteiger partial charge < -0.3 is 15.0 Å². The molecule has 1 amide bonds. The molecule has 4 rings (SSSR count). The second-order valence-electron chi connectivity index (χ2n) is 7.06. The van der Waals surface area contributed by atoms with Gasteiger partial charge in [-0.3, -0.25) is 14.8 Å². The maximum Gasteiger partial charge on any atom is 0.255 e. The SMILES string of the molecule is O=C(N[C@H]1CCCC[C@@H]1O)c1cn(Cc2ccc(F)cn2)c2c(Cl)ccnc12. The number of nitrogens with zero attached hydrogens (tertiary/aromatic N) is 3. The van der Waals surface area contributed by atoms with Crippen LogP contribution in [0.15, 0.2) is 36.8 Å². The van der Waals surface area contributed by atoms with Crippen molar-refractivity contribution >= 4 is 28.5 Å². The van der Waals surface area contributed by atoms with Crippen LogP contribution >= 0.6 is 11.6 Å². The van der Waals surface area contributed by atoms with Crippen molar-refractivity contribution in [3.05, 3.63) is 58.9 Å². The van der Waals surface area contributed by atoms with Crippen molar-refractivity contribution < 1.29 is 14.3 Å². The van der Waals surface area contributed by atoms with Gasteiger partial charge in [0.2, 0.25) is 0 Å². The first-order valence-electron chi connectivity index (χ1n) is 9.25. The molecular formula is C20H20ClFN4O2. The molecule has 3 aromatic heterocycles. The normalized spacial score (nSPS) is 19.7. The smallest absolute Gasteiger partial charge is 0.255 e. The number of amides is 1. The van der Waals surface area contributed by atoms with Gasteiger partial charge >= 0.3 is 0 Å². The summed E-state index contributed by atoms with van der Waals surface area (Å²) < 4.78 is 14.9. The van der Waals surface area contributed by atoms with Crippen molar-refractivity contribution in [3.8, 4) is 0 Å². The number of halogens is 2. The van der Waals surface area contributed by atoms with E-state index in [1.54, 1.807) is 29.1 Å². The van der Waals surface area contributed by atoms with Gasteiger partial charge in [-0.25, -0.2) is 4.39 Å². The summed E-state index contributed by atoms with van der Waals surface area (Å²) in [7, 11) is 0. The van der Waals surface area contributed by atoms with Gasteiger partial charge in [-0.05, 0) is 31.0 Å². The lowest BCUT2D eigenvalue weighted by molar-refractivity contribution is 0.0718. The molecule has 3 heterocycles. The zero-order valence-corrected chi connectivity index (χ0v) is 15.9. The van der Waals surface area contributed by atoms with Gasteiger partial charge in [0.05, 0.1) is 46.7 Å². The van der Waals surface area contributed by atoms with Crippen LogP contribution in [0.3, 0.4) is 0 Å². The second-order valence-corrected chi connectivity index (χ2v) is 7.47. The molecule has 1 fully saturated rings. The van der Waals surface area contributed by atoms with Crippen LogP contribution in [0.4, 0.5) is 4.39 Å². The van der Waals surface area contributed by atoms with E-state index in [0.717, 1.165) is 25.5 Å². The summed E-state index contributed by atoms with van der Waals surface area (Å²) in [4.78, 5) is 21.3. The Balaban J connectivity index is 1.67. The summed E-state index contributed by atoms with van der Waals surface area (Å²) in [6, 6.07) is 4.32. The molecule has 0 radical (unpaired) electrons. The minimum atomic E-state index is -0.536. The number of aliphatic hydroxyl groups excluding tert-OH is 1. The minimum Gasteiger partial charge on any atom is -0.391 e. The maximum atomic E-state index is 13.1. The summed E-state index contributed by atoms with van der Waals surface area (Å²) in [6.45, 7) is 0.321. The zero-order valence-electron chi connectivity index (χ0n) is 15.1. The highest BCUT2D eigenvalue weighted by Gasteiger charge is 2.27. The van der Waals surface area contributed by atoms with Crippen molar-refractivity contribution in [2.75, 3.05) is 0 Å². The van der Waals surface area contributed by atoms with E-state index in [0.29, 0.717) is 40.3 Å². The standard InChI is InChI=1S/C20H20ClFN4O2/c21-15-7-8-23-18-14(20(28)25-16-3-1-2-4-17(16)27)11-26(19(15)18)10-13-6-5-12(22)9-24-13/h5-9,11,16-17,27H,1-4,10H2,(H,25,28)/t16-,17-/m0/s1. The van der Waals surface area contributed by atoms with Gasteiger partial charge in [0.15, 0.2) is 0 Å². The first kappa shape index (κ1) is 18.8. The van der Waals surface area contributed by atoms with Crippen molar-refractivity contribution in [2.24, 2.45) is 0 Å². The van der Waals surface area contributed by atoms with Crippen LogP contribution in [0.2, 0.25) is 5.02 Å². The van der Waals surface area contributed by atoms with Crippen molar-refractivity contribution in [1.82, 2.24) is 19.9 Å². The molecule has 1 saturated carbocycles. The molecule has 28 heavy (non-hydrogen) atoms. The van der Waals surface area contributed by atoms with Crippen LogP contribution in [0.1, 0.15) is 41.7 Å². The second kappa shape index (κ2) is 7.85.